The second-order valence-electron chi connectivity index (χ2n) is 4.01. The summed E-state index contributed by atoms with van der Waals surface area (Å²) in [6.07, 6.45) is 0. The van der Waals surface area contributed by atoms with Crippen molar-refractivity contribution in [2.75, 3.05) is 11.9 Å². The van der Waals surface area contributed by atoms with Gasteiger partial charge in [-0.05, 0) is 37.1 Å². The van der Waals surface area contributed by atoms with Crippen LogP contribution >= 0.6 is 22.9 Å². The first kappa shape index (κ1) is 13.0. The van der Waals surface area contributed by atoms with E-state index in [1.54, 1.807) is 11.9 Å². The zero-order chi connectivity index (χ0) is 13.3. The molecule has 0 aliphatic heterocycles. The molecule has 2 aromatic rings. The number of carbonyl (C=O) groups excluding carboxylic acids is 1. The number of carbonyl (C=O) groups is 1. The van der Waals surface area contributed by atoms with Crippen LogP contribution in [0.2, 0.25) is 4.47 Å². The van der Waals surface area contributed by atoms with Crippen molar-refractivity contribution in [1.82, 2.24) is 10.2 Å². The molecule has 0 unspecified atom stereocenters. The molecule has 2 rings (SSSR count). The number of hydrogen-bond acceptors (Lipinski definition) is 4. The van der Waals surface area contributed by atoms with Gasteiger partial charge in [-0.2, -0.15) is 0 Å². The van der Waals surface area contributed by atoms with Crippen molar-refractivity contribution in [3.8, 4) is 0 Å². The molecule has 0 N–H and O–H groups in total. The smallest absolute Gasteiger partial charge is 0.289 e. The summed E-state index contributed by atoms with van der Waals surface area (Å²) in [5.74, 6) is -0.202. The van der Waals surface area contributed by atoms with E-state index in [9.17, 15) is 4.79 Å². The number of halogens is 1. The van der Waals surface area contributed by atoms with E-state index >= 15 is 0 Å². The topological polar surface area (TPSA) is 46.1 Å². The summed E-state index contributed by atoms with van der Waals surface area (Å²) in [6, 6.07) is 5.93. The average molecular weight is 282 g/mol. The lowest BCUT2D eigenvalue weighted by Crippen LogP contribution is -2.26. The van der Waals surface area contributed by atoms with Crippen molar-refractivity contribution in [3.63, 3.8) is 0 Å². The predicted octanol–water partition coefficient (Wildman–Crippen LogP) is 3.08. The molecule has 18 heavy (non-hydrogen) atoms. The number of benzene rings is 1. The Hall–Kier alpha value is -1.46. The third-order valence-electron chi connectivity index (χ3n) is 2.60. The number of aryl methyl sites for hydroxylation is 2. The number of aromatic nitrogens is 2. The Bertz CT molecular complexity index is 597. The van der Waals surface area contributed by atoms with Crippen molar-refractivity contribution in [1.29, 1.82) is 0 Å². The third-order valence-corrected chi connectivity index (χ3v) is 3.61. The van der Waals surface area contributed by atoms with Crippen molar-refractivity contribution < 1.29 is 4.79 Å². The Balaban J connectivity index is 2.31. The normalized spacial score (nSPS) is 10.4. The molecule has 94 valence electrons. The largest absolute Gasteiger partial charge is 0.309 e. The lowest BCUT2D eigenvalue weighted by atomic mass is 10.1. The maximum absolute atomic E-state index is 12.2. The van der Waals surface area contributed by atoms with E-state index < -0.39 is 0 Å². The zero-order valence-corrected chi connectivity index (χ0v) is 11.8. The molecule has 0 aliphatic rings. The summed E-state index contributed by atoms with van der Waals surface area (Å²) in [7, 11) is 1.72. The molecule has 0 atom stereocenters. The third kappa shape index (κ3) is 2.52. The highest BCUT2D eigenvalue weighted by atomic mass is 35.5. The van der Waals surface area contributed by atoms with E-state index in [1.807, 2.05) is 32.0 Å². The monoisotopic (exact) mass is 281 g/mol. The van der Waals surface area contributed by atoms with E-state index in [4.69, 9.17) is 11.6 Å². The second-order valence-corrected chi connectivity index (χ2v) is 5.57. The van der Waals surface area contributed by atoms with Gasteiger partial charge in [0, 0.05) is 12.7 Å². The van der Waals surface area contributed by atoms with Gasteiger partial charge in [-0.25, -0.2) is 0 Å². The lowest BCUT2D eigenvalue weighted by Gasteiger charge is -2.18. The summed E-state index contributed by atoms with van der Waals surface area (Å²) in [6.45, 7) is 3.99. The Kier molecular flexibility index (Phi) is 3.63. The summed E-state index contributed by atoms with van der Waals surface area (Å²) in [5.41, 5.74) is 3.06. The van der Waals surface area contributed by atoms with Gasteiger partial charge in [0.05, 0.1) is 0 Å². The van der Waals surface area contributed by atoms with Gasteiger partial charge in [0.15, 0.2) is 0 Å². The van der Waals surface area contributed by atoms with Crippen LogP contribution in [0.5, 0.6) is 0 Å². The Morgan fingerprint density at radius 1 is 1.33 bits per heavy atom. The molecule has 1 aromatic carbocycles. The standard InChI is InChI=1S/C12H12ClN3OS/c1-7-4-5-9(8(2)6-7)16(3)11(17)10-14-15-12(13)18-10/h4-6H,1-3H3. The number of hydrogen-bond donors (Lipinski definition) is 0. The minimum atomic E-state index is -0.202. The van der Waals surface area contributed by atoms with Gasteiger partial charge in [-0.3, -0.25) is 4.79 Å². The number of rotatable bonds is 2. The maximum atomic E-state index is 12.2. The van der Waals surface area contributed by atoms with Crippen LogP contribution in [-0.4, -0.2) is 23.2 Å². The summed E-state index contributed by atoms with van der Waals surface area (Å²) in [5, 5.41) is 7.69. The number of amides is 1. The fraction of sp³-hybridized carbons (Fsp3) is 0.250. The first-order chi connectivity index (χ1) is 8.49. The second kappa shape index (κ2) is 5.04. The molecule has 0 radical (unpaired) electrons. The molecule has 0 saturated heterocycles. The van der Waals surface area contributed by atoms with E-state index in [2.05, 4.69) is 10.2 Å². The highest BCUT2D eigenvalue weighted by Gasteiger charge is 2.19. The van der Waals surface area contributed by atoms with E-state index in [0.717, 1.165) is 28.2 Å². The van der Waals surface area contributed by atoms with Gasteiger partial charge in [-0.1, -0.05) is 29.0 Å². The van der Waals surface area contributed by atoms with Crippen LogP contribution in [0.1, 0.15) is 20.9 Å². The van der Waals surface area contributed by atoms with E-state index in [0.29, 0.717) is 5.01 Å². The molecule has 1 amide bonds. The number of anilines is 1. The van der Waals surface area contributed by atoms with Gasteiger partial charge in [-0.15, -0.1) is 10.2 Å². The molecule has 0 aliphatic carbocycles. The maximum Gasteiger partial charge on any atom is 0.289 e. The Labute approximate surface area is 114 Å². The quantitative estimate of drug-likeness (QED) is 0.850. The average Bonchev–Trinajstić information content (AvgIpc) is 2.74. The minimum Gasteiger partial charge on any atom is -0.309 e. The molecule has 6 heteroatoms. The molecule has 0 bridgehead atoms. The molecule has 1 heterocycles. The summed E-state index contributed by atoms with van der Waals surface area (Å²) < 4.78 is 0.271. The van der Waals surface area contributed by atoms with Crippen LogP contribution in [-0.2, 0) is 0 Å². The summed E-state index contributed by atoms with van der Waals surface area (Å²) in [4.78, 5) is 13.7. The minimum absolute atomic E-state index is 0.202. The van der Waals surface area contributed by atoms with Crippen LogP contribution in [0.4, 0.5) is 5.69 Å². The summed E-state index contributed by atoms with van der Waals surface area (Å²) >= 11 is 6.76. The molecular weight excluding hydrogens is 270 g/mol. The SMILES string of the molecule is Cc1ccc(N(C)C(=O)c2nnc(Cl)s2)c(C)c1. The van der Waals surface area contributed by atoms with Crippen molar-refractivity contribution in [2.24, 2.45) is 0 Å². The molecule has 0 fully saturated rings. The van der Waals surface area contributed by atoms with Gasteiger partial charge in [0.1, 0.15) is 0 Å². The first-order valence-electron chi connectivity index (χ1n) is 5.33. The fourth-order valence-electron chi connectivity index (χ4n) is 1.73. The molecular formula is C12H12ClN3OS. The molecule has 4 nitrogen and oxygen atoms in total. The van der Waals surface area contributed by atoms with Crippen LogP contribution in [0.25, 0.3) is 0 Å². The molecule has 1 aromatic heterocycles. The lowest BCUT2D eigenvalue weighted by molar-refractivity contribution is 0.0992. The van der Waals surface area contributed by atoms with Crippen molar-refractivity contribution in [3.05, 3.63) is 38.8 Å². The van der Waals surface area contributed by atoms with Crippen molar-refractivity contribution in [2.45, 2.75) is 13.8 Å². The van der Waals surface area contributed by atoms with Crippen LogP contribution in [0.15, 0.2) is 18.2 Å². The highest BCUT2D eigenvalue weighted by molar-refractivity contribution is 7.17. The van der Waals surface area contributed by atoms with Crippen LogP contribution in [0, 0.1) is 13.8 Å². The Morgan fingerprint density at radius 2 is 2.06 bits per heavy atom. The van der Waals surface area contributed by atoms with Gasteiger partial charge in [0.25, 0.3) is 5.91 Å². The van der Waals surface area contributed by atoms with Gasteiger partial charge >= 0.3 is 0 Å². The van der Waals surface area contributed by atoms with E-state index in [1.165, 1.54) is 0 Å². The first-order valence-corrected chi connectivity index (χ1v) is 6.53. The highest BCUT2D eigenvalue weighted by Crippen LogP contribution is 2.23. The van der Waals surface area contributed by atoms with Gasteiger partial charge in [0.2, 0.25) is 9.47 Å². The Morgan fingerprint density at radius 3 is 2.61 bits per heavy atom. The number of nitrogens with zero attached hydrogens (tertiary/aromatic N) is 3. The fourth-order valence-corrected chi connectivity index (χ4v) is 2.53. The molecule has 0 saturated carbocycles. The molecule has 0 spiro atoms. The van der Waals surface area contributed by atoms with Crippen LogP contribution in [0.3, 0.4) is 0 Å². The predicted molar refractivity (Wildman–Crippen MR) is 73.6 cm³/mol. The zero-order valence-electron chi connectivity index (χ0n) is 10.3. The van der Waals surface area contributed by atoms with Crippen molar-refractivity contribution >= 4 is 34.5 Å². The van der Waals surface area contributed by atoms with Gasteiger partial charge < -0.3 is 4.90 Å². The van der Waals surface area contributed by atoms with E-state index in [-0.39, 0.29) is 10.4 Å². The van der Waals surface area contributed by atoms with Crippen LogP contribution < -0.4 is 4.90 Å².